The van der Waals surface area contributed by atoms with E-state index in [-0.39, 0.29) is 5.88 Å². The minimum absolute atomic E-state index is 0.382. The fraction of sp³-hybridized carbons (Fsp3) is 0.200. The minimum atomic E-state index is -1.06. The summed E-state index contributed by atoms with van der Waals surface area (Å²) in [4.78, 5) is 32.1. The first-order valence-corrected chi connectivity index (χ1v) is 5.51. The molecule has 0 aliphatic carbocycles. The average Bonchev–Trinajstić information content (AvgIpc) is 2.46. The highest BCUT2D eigenvalue weighted by Crippen LogP contribution is 2.43. The molecular weight excluding hydrogens is 307 g/mol. The summed E-state index contributed by atoms with van der Waals surface area (Å²) in [6, 6.07) is 1.80. The van der Waals surface area contributed by atoms with Gasteiger partial charge in [0.1, 0.15) is 0 Å². The van der Waals surface area contributed by atoms with Crippen LogP contribution in [-0.2, 0) is 9.59 Å². The standard InChI is InChI=1S/C10H7ClF3NO5/c11-4-5(16)3-8(17)15-6-1-2-7(18-12)10(20-14)9(6)19-13/h1-2H,3-4H2,(H,15,17). The molecule has 1 rings (SSSR count). The van der Waals surface area contributed by atoms with E-state index in [9.17, 15) is 23.2 Å². The first-order valence-electron chi connectivity index (χ1n) is 4.97. The Morgan fingerprint density at radius 2 is 1.75 bits per heavy atom. The van der Waals surface area contributed by atoms with Gasteiger partial charge in [-0.1, -0.05) is 0 Å². The molecule has 0 aliphatic rings. The normalized spacial score (nSPS) is 9.80. The molecule has 0 heterocycles. The number of Topliss-reactive ketones (excluding diaryl/α,β-unsaturated/α-hetero) is 1. The second-order valence-electron chi connectivity index (χ2n) is 3.40. The summed E-state index contributed by atoms with van der Waals surface area (Å²) in [7, 11) is 0. The molecule has 20 heavy (non-hydrogen) atoms. The molecule has 110 valence electrons. The summed E-state index contributed by atoms with van der Waals surface area (Å²) < 4.78 is 36.6. The molecule has 0 spiro atoms. The van der Waals surface area contributed by atoms with Crippen LogP contribution in [0.15, 0.2) is 12.1 Å². The quantitative estimate of drug-likeness (QED) is 0.618. The number of alkyl halides is 1. The first kappa shape index (κ1) is 15.9. The molecule has 6 nitrogen and oxygen atoms in total. The van der Waals surface area contributed by atoms with E-state index < -0.39 is 41.0 Å². The molecule has 1 amide bonds. The lowest BCUT2D eigenvalue weighted by Gasteiger charge is -2.10. The highest BCUT2D eigenvalue weighted by atomic mass is 35.5. The van der Waals surface area contributed by atoms with Gasteiger partial charge in [0, 0.05) is 13.6 Å². The Bertz CT molecular complexity index is 514. The van der Waals surface area contributed by atoms with Crippen molar-refractivity contribution in [1.29, 1.82) is 0 Å². The third-order valence-corrected chi connectivity index (χ3v) is 2.39. The lowest BCUT2D eigenvalue weighted by Crippen LogP contribution is -2.17. The molecule has 0 saturated heterocycles. The molecular formula is C10H7ClF3NO5. The van der Waals surface area contributed by atoms with Crippen LogP contribution in [0.4, 0.5) is 19.3 Å². The van der Waals surface area contributed by atoms with E-state index in [0.717, 1.165) is 12.1 Å². The highest BCUT2D eigenvalue weighted by molar-refractivity contribution is 6.29. The number of carbonyl (C=O) groups is 2. The molecule has 1 N–H and O–H groups in total. The molecule has 0 atom stereocenters. The molecule has 0 aromatic heterocycles. The largest absolute Gasteiger partial charge is 0.322 e. The van der Waals surface area contributed by atoms with Crippen LogP contribution in [0.2, 0.25) is 0 Å². The summed E-state index contributed by atoms with van der Waals surface area (Å²) in [5.41, 5.74) is -0.395. The number of amides is 1. The van der Waals surface area contributed by atoms with Crippen molar-refractivity contribution in [3.63, 3.8) is 0 Å². The van der Waals surface area contributed by atoms with E-state index >= 15 is 0 Å². The molecule has 1 aromatic rings. The maximum atomic E-state index is 12.4. The van der Waals surface area contributed by atoms with Crippen molar-refractivity contribution in [3.05, 3.63) is 12.1 Å². The molecule has 0 saturated carbocycles. The number of hydrogen-bond donors (Lipinski definition) is 1. The van der Waals surface area contributed by atoms with E-state index in [1.54, 1.807) is 0 Å². The van der Waals surface area contributed by atoms with Gasteiger partial charge in [0.25, 0.3) is 5.75 Å². The zero-order valence-corrected chi connectivity index (χ0v) is 10.4. The maximum absolute atomic E-state index is 12.4. The van der Waals surface area contributed by atoms with Gasteiger partial charge >= 0.3 is 0 Å². The summed E-state index contributed by atoms with van der Waals surface area (Å²) in [6.45, 7) is 0. The predicted octanol–water partition coefficient (Wildman–Crippen LogP) is 2.61. The van der Waals surface area contributed by atoms with Gasteiger partial charge in [0.05, 0.1) is 18.0 Å². The molecule has 10 heteroatoms. The van der Waals surface area contributed by atoms with Gasteiger partial charge in [-0.25, -0.2) is 0 Å². The number of benzene rings is 1. The van der Waals surface area contributed by atoms with E-state index in [1.165, 1.54) is 0 Å². The summed E-state index contributed by atoms with van der Waals surface area (Å²) in [6.07, 6.45) is -0.581. The Labute approximate surface area is 115 Å². The lowest BCUT2D eigenvalue weighted by molar-refractivity contribution is -0.124. The van der Waals surface area contributed by atoms with E-state index in [0.29, 0.717) is 0 Å². The molecule has 0 fully saturated rings. The first-order chi connectivity index (χ1) is 9.57. The number of carbonyl (C=O) groups excluding carboxylic acids is 2. The third-order valence-electron chi connectivity index (χ3n) is 2.09. The van der Waals surface area contributed by atoms with Gasteiger partial charge < -0.3 is 5.32 Å². The Morgan fingerprint density at radius 3 is 2.25 bits per heavy atom. The Morgan fingerprint density at radius 1 is 1.10 bits per heavy atom. The SMILES string of the molecule is O=C(CCl)CC(=O)Nc1ccc(OF)c(OF)c1OF. The fourth-order valence-electron chi connectivity index (χ4n) is 1.27. The number of nitrogens with one attached hydrogen (secondary N) is 1. The molecule has 0 radical (unpaired) electrons. The maximum Gasteiger partial charge on any atom is 0.266 e. The molecule has 0 unspecified atom stereocenters. The minimum Gasteiger partial charge on any atom is -0.322 e. The van der Waals surface area contributed by atoms with Crippen molar-refractivity contribution in [3.8, 4) is 17.2 Å². The number of ketones is 1. The molecule has 1 aromatic carbocycles. The van der Waals surface area contributed by atoms with Gasteiger partial charge in [-0.05, 0) is 12.1 Å². The number of halogens is 4. The van der Waals surface area contributed by atoms with Crippen LogP contribution in [0.25, 0.3) is 0 Å². The van der Waals surface area contributed by atoms with Gasteiger partial charge in [0.15, 0.2) is 5.78 Å². The van der Waals surface area contributed by atoms with Gasteiger partial charge in [-0.2, -0.15) is 0 Å². The van der Waals surface area contributed by atoms with Crippen LogP contribution >= 0.6 is 11.6 Å². The van der Waals surface area contributed by atoms with Crippen LogP contribution in [0.5, 0.6) is 17.2 Å². The van der Waals surface area contributed by atoms with E-state index in [1.807, 2.05) is 5.32 Å². The van der Waals surface area contributed by atoms with Gasteiger partial charge in [-0.3, -0.25) is 24.4 Å². The highest BCUT2D eigenvalue weighted by Gasteiger charge is 2.22. The Balaban J connectivity index is 3.01. The van der Waals surface area contributed by atoms with Crippen LogP contribution in [0, 0.1) is 0 Å². The summed E-state index contributed by atoms with van der Waals surface area (Å²) >= 11 is 5.20. The van der Waals surface area contributed by atoms with Crippen molar-refractivity contribution >= 4 is 29.0 Å². The smallest absolute Gasteiger partial charge is 0.266 e. The second kappa shape index (κ2) is 7.43. The lowest BCUT2D eigenvalue weighted by atomic mass is 10.2. The number of anilines is 1. The number of rotatable bonds is 7. The van der Waals surface area contributed by atoms with E-state index in [4.69, 9.17) is 11.6 Å². The van der Waals surface area contributed by atoms with Crippen molar-refractivity contribution in [1.82, 2.24) is 0 Å². The summed E-state index contributed by atoms with van der Waals surface area (Å²) in [5.74, 6) is -4.65. The van der Waals surface area contributed by atoms with Crippen LogP contribution in [0.1, 0.15) is 6.42 Å². The van der Waals surface area contributed by atoms with Crippen molar-refractivity contribution in [2.45, 2.75) is 6.42 Å². The monoisotopic (exact) mass is 313 g/mol. The number of hydrogen-bond acceptors (Lipinski definition) is 5. The molecule has 0 aliphatic heterocycles. The predicted molar refractivity (Wildman–Crippen MR) is 60.6 cm³/mol. The van der Waals surface area contributed by atoms with Crippen molar-refractivity contribution in [2.75, 3.05) is 11.2 Å². The second-order valence-corrected chi connectivity index (χ2v) is 3.67. The van der Waals surface area contributed by atoms with Gasteiger partial charge in [0.2, 0.25) is 17.4 Å². The fourth-order valence-corrected chi connectivity index (χ4v) is 1.37. The zero-order chi connectivity index (χ0) is 15.1. The Hall–Kier alpha value is -2.16. The average molecular weight is 314 g/mol. The summed E-state index contributed by atoms with van der Waals surface area (Å²) in [5, 5.41) is 2.04. The Kier molecular flexibility index (Phi) is 5.91. The van der Waals surface area contributed by atoms with E-state index in [2.05, 4.69) is 14.8 Å². The topological polar surface area (TPSA) is 73.9 Å². The molecule has 0 bridgehead atoms. The van der Waals surface area contributed by atoms with Crippen LogP contribution in [0.3, 0.4) is 0 Å². The third kappa shape index (κ3) is 3.67. The van der Waals surface area contributed by atoms with Crippen LogP contribution < -0.4 is 20.1 Å². The van der Waals surface area contributed by atoms with Gasteiger partial charge in [-0.15, -0.1) is 11.6 Å². The van der Waals surface area contributed by atoms with Crippen LogP contribution in [-0.4, -0.2) is 17.6 Å². The zero-order valence-electron chi connectivity index (χ0n) is 9.62. The van der Waals surface area contributed by atoms with Crippen molar-refractivity contribution in [2.24, 2.45) is 0 Å². The van der Waals surface area contributed by atoms with Crippen molar-refractivity contribution < 1.29 is 38.0 Å².